The van der Waals surface area contributed by atoms with E-state index in [1.54, 1.807) is 0 Å². The van der Waals surface area contributed by atoms with E-state index in [0.29, 0.717) is 24.6 Å². The Morgan fingerprint density at radius 2 is 2.15 bits per heavy atom. The molecule has 0 saturated heterocycles. The Balaban J connectivity index is 1.43. The van der Waals surface area contributed by atoms with Crippen LogP contribution in [0.25, 0.3) is 22.4 Å². The van der Waals surface area contributed by atoms with Crippen molar-refractivity contribution < 1.29 is 4.79 Å². The fraction of sp³-hybridized carbons (Fsp3) is 0.158. The number of aryl methyl sites for hydroxylation is 1. The van der Waals surface area contributed by atoms with Gasteiger partial charge in [-0.25, -0.2) is 9.97 Å². The van der Waals surface area contributed by atoms with Gasteiger partial charge < -0.3 is 14.9 Å². The Labute approximate surface area is 158 Å². The van der Waals surface area contributed by atoms with Crippen LogP contribution in [-0.2, 0) is 6.54 Å². The molecule has 0 spiro atoms. The lowest BCUT2D eigenvalue weighted by atomic mass is 10.2. The highest BCUT2D eigenvalue weighted by Gasteiger charge is 2.13. The molecule has 4 aromatic rings. The third kappa shape index (κ3) is 3.52. The number of nitrogens with zero attached hydrogens (tertiary/aromatic N) is 3. The van der Waals surface area contributed by atoms with Crippen molar-refractivity contribution in [2.45, 2.75) is 13.5 Å². The molecule has 1 amide bonds. The summed E-state index contributed by atoms with van der Waals surface area (Å²) in [7, 11) is 0. The van der Waals surface area contributed by atoms with E-state index in [-0.39, 0.29) is 5.56 Å². The number of hydrogen-bond acceptors (Lipinski definition) is 5. The lowest BCUT2D eigenvalue weighted by Gasteiger charge is -2.07. The zero-order valence-electron chi connectivity index (χ0n) is 14.6. The van der Waals surface area contributed by atoms with Gasteiger partial charge in [0.15, 0.2) is 5.82 Å². The molecule has 136 valence electrons. The predicted octanol–water partition coefficient (Wildman–Crippen LogP) is 2.59. The van der Waals surface area contributed by atoms with E-state index >= 15 is 0 Å². The molecule has 4 rings (SSSR count). The summed E-state index contributed by atoms with van der Waals surface area (Å²) >= 11 is 1.47. The van der Waals surface area contributed by atoms with Gasteiger partial charge in [-0.3, -0.25) is 9.59 Å². The number of benzene rings is 1. The number of aromatic nitrogens is 4. The second-order valence-electron chi connectivity index (χ2n) is 6.05. The summed E-state index contributed by atoms with van der Waals surface area (Å²) in [5, 5.41) is 6.62. The Morgan fingerprint density at radius 1 is 1.30 bits per heavy atom. The van der Waals surface area contributed by atoms with E-state index in [4.69, 9.17) is 0 Å². The van der Waals surface area contributed by atoms with Gasteiger partial charge in [0.2, 0.25) is 0 Å². The highest BCUT2D eigenvalue weighted by Crippen LogP contribution is 2.16. The summed E-state index contributed by atoms with van der Waals surface area (Å²) in [5.74, 6) is -0.0825. The number of carbonyl (C=O) groups excluding carboxylic acids is 1. The van der Waals surface area contributed by atoms with Gasteiger partial charge in [0, 0.05) is 36.4 Å². The van der Waals surface area contributed by atoms with Gasteiger partial charge in [0.05, 0.1) is 5.01 Å². The largest absolute Gasteiger partial charge is 0.350 e. The van der Waals surface area contributed by atoms with E-state index < -0.39 is 11.5 Å². The van der Waals surface area contributed by atoms with Crippen LogP contribution in [0.3, 0.4) is 0 Å². The standard InChI is InChI=1S/C19H17N5O2S/c1-12-22-15(11-27-12)17-21-10-14(19(26)23-17)18(25)20-7-9-24-8-6-13-4-2-3-5-16(13)24/h2-6,8,10-11H,7,9H2,1H3,(H,20,25)(H,21,23,26). The summed E-state index contributed by atoms with van der Waals surface area (Å²) in [4.78, 5) is 35.6. The third-order valence-electron chi connectivity index (χ3n) is 4.22. The van der Waals surface area contributed by atoms with Crippen molar-refractivity contribution in [1.82, 2.24) is 24.8 Å². The van der Waals surface area contributed by atoms with Gasteiger partial charge in [-0.2, -0.15) is 0 Å². The molecule has 3 heterocycles. The van der Waals surface area contributed by atoms with E-state index in [9.17, 15) is 9.59 Å². The Kier molecular flexibility index (Phi) is 4.55. The van der Waals surface area contributed by atoms with Gasteiger partial charge >= 0.3 is 0 Å². The van der Waals surface area contributed by atoms with Gasteiger partial charge in [0.1, 0.15) is 11.3 Å². The minimum atomic E-state index is -0.477. The Hall–Kier alpha value is -3.26. The molecule has 3 aromatic heterocycles. The van der Waals surface area contributed by atoms with E-state index in [1.165, 1.54) is 17.5 Å². The van der Waals surface area contributed by atoms with Crippen LogP contribution < -0.4 is 10.9 Å². The molecule has 0 bridgehead atoms. The number of nitrogens with one attached hydrogen (secondary N) is 2. The monoisotopic (exact) mass is 379 g/mol. The second-order valence-corrected chi connectivity index (χ2v) is 7.11. The van der Waals surface area contributed by atoms with Crippen LogP contribution in [-0.4, -0.2) is 32.0 Å². The molecule has 0 unspecified atom stereocenters. The van der Waals surface area contributed by atoms with E-state index in [2.05, 4.69) is 24.8 Å². The van der Waals surface area contributed by atoms with Crippen molar-refractivity contribution in [1.29, 1.82) is 0 Å². The molecule has 2 N–H and O–H groups in total. The number of fused-ring (bicyclic) bond motifs is 1. The number of aromatic amines is 1. The second kappa shape index (κ2) is 7.16. The van der Waals surface area contributed by atoms with Crippen LogP contribution in [0.2, 0.25) is 0 Å². The average molecular weight is 379 g/mol. The van der Waals surface area contributed by atoms with Crippen LogP contribution in [0.1, 0.15) is 15.4 Å². The van der Waals surface area contributed by atoms with E-state index in [0.717, 1.165) is 15.9 Å². The summed E-state index contributed by atoms with van der Waals surface area (Å²) in [6.07, 6.45) is 3.28. The van der Waals surface area contributed by atoms with Crippen LogP contribution in [0.4, 0.5) is 0 Å². The van der Waals surface area contributed by atoms with Crippen LogP contribution >= 0.6 is 11.3 Å². The van der Waals surface area contributed by atoms with Crippen molar-refractivity contribution in [2.24, 2.45) is 0 Å². The van der Waals surface area contributed by atoms with Crippen LogP contribution in [0.5, 0.6) is 0 Å². The quantitative estimate of drug-likeness (QED) is 0.557. The number of hydrogen-bond donors (Lipinski definition) is 2. The van der Waals surface area contributed by atoms with Crippen molar-refractivity contribution in [3.05, 3.63) is 69.0 Å². The lowest BCUT2D eigenvalue weighted by Crippen LogP contribution is -2.32. The number of H-pyrrole nitrogens is 1. The van der Waals surface area contributed by atoms with E-state index in [1.807, 2.05) is 48.8 Å². The summed E-state index contributed by atoms with van der Waals surface area (Å²) in [6.45, 7) is 2.90. The molecule has 1 aromatic carbocycles. The molecular formula is C19H17N5O2S. The summed E-state index contributed by atoms with van der Waals surface area (Å²) in [6, 6.07) is 10.1. The molecule has 0 aliphatic carbocycles. The number of carbonyl (C=O) groups is 1. The smallest absolute Gasteiger partial charge is 0.264 e. The van der Waals surface area contributed by atoms with Gasteiger partial charge in [-0.05, 0) is 24.4 Å². The SMILES string of the molecule is Cc1nc(-c2ncc(C(=O)NCCn3ccc4ccccc43)c(=O)[nH]2)cs1. The molecule has 7 nitrogen and oxygen atoms in total. The predicted molar refractivity (Wildman–Crippen MR) is 105 cm³/mol. The fourth-order valence-electron chi connectivity index (χ4n) is 2.88. The molecular weight excluding hydrogens is 362 g/mol. The zero-order chi connectivity index (χ0) is 18.8. The highest BCUT2D eigenvalue weighted by molar-refractivity contribution is 7.09. The topological polar surface area (TPSA) is 92.7 Å². The third-order valence-corrected chi connectivity index (χ3v) is 5.00. The Morgan fingerprint density at radius 3 is 2.93 bits per heavy atom. The lowest BCUT2D eigenvalue weighted by molar-refractivity contribution is 0.0950. The maximum Gasteiger partial charge on any atom is 0.264 e. The average Bonchev–Trinajstić information content (AvgIpc) is 3.28. The fourth-order valence-corrected chi connectivity index (χ4v) is 3.48. The first kappa shape index (κ1) is 17.2. The Bertz CT molecular complexity index is 1170. The maximum absolute atomic E-state index is 12.3. The minimum Gasteiger partial charge on any atom is -0.350 e. The molecule has 0 aliphatic rings. The van der Waals surface area contributed by atoms with Crippen molar-refractivity contribution in [3.8, 4) is 11.5 Å². The first-order chi connectivity index (χ1) is 13.1. The van der Waals surface area contributed by atoms with Gasteiger partial charge in [-0.15, -0.1) is 11.3 Å². The van der Waals surface area contributed by atoms with Crippen LogP contribution in [0, 0.1) is 6.92 Å². The normalized spacial score (nSPS) is 11.0. The first-order valence-corrected chi connectivity index (χ1v) is 9.34. The molecule has 0 saturated carbocycles. The number of rotatable bonds is 5. The number of thiazole rings is 1. The number of amides is 1. The van der Waals surface area contributed by atoms with Gasteiger partial charge in [-0.1, -0.05) is 18.2 Å². The van der Waals surface area contributed by atoms with Gasteiger partial charge in [0.25, 0.3) is 11.5 Å². The molecule has 0 aliphatic heterocycles. The van der Waals surface area contributed by atoms with Crippen molar-refractivity contribution in [2.75, 3.05) is 6.54 Å². The summed E-state index contributed by atoms with van der Waals surface area (Å²) in [5.41, 5.74) is 1.22. The minimum absolute atomic E-state index is 0.0111. The van der Waals surface area contributed by atoms with Crippen molar-refractivity contribution >= 4 is 28.1 Å². The maximum atomic E-state index is 12.3. The molecule has 0 atom stereocenters. The first-order valence-electron chi connectivity index (χ1n) is 8.46. The molecule has 0 radical (unpaired) electrons. The molecule has 0 fully saturated rings. The van der Waals surface area contributed by atoms with Crippen LogP contribution in [0.15, 0.2) is 52.9 Å². The number of para-hydroxylation sites is 1. The summed E-state index contributed by atoms with van der Waals surface area (Å²) < 4.78 is 2.06. The molecule has 27 heavy (non-hydrogen) atoms. The highest BCUT2D eigenvalue weighted by atomic mass is 32.1. The van der Waals surface area contributed by atoms with Crippen molar-refractivity contribution in [3.63, 3.8) is 0 Å². The molecule has 8 heteroatoms. The zero-order valence-corrected chi connectivity index (χ0v) is 15.4.